The minimum Gasteiger partial charge on any atom is -0.364 e. The monoisotopic (exact) mass is 320 g/mol. The van der Waals surface area contributed by atoms with Gasteiger partial charge in [-0.05, 0) is 32.6 Å². The third-order valence-electron chi connectivity index (χ3n) is 4.10. The highest BCUT2D eigenvalue weighted by molar-refractivity contribution is 7.09. The Morgan fingerprint density at radius 2 is 2.18 bits per heavy atom. The van der Waals surface area contributed by atoms with Crippen LogP contribution in [0.4, 0.5) is 0 Å². The van der Waals surface area contributed by atoms with E-state index in [2.05, 4.69) is 25.8 Å². The molecule has 1 aliphatic heterocycles. The maximum Gasteiger partial charge on any atom is 0.255 e. The molecule has 2 aromatic rings. The van der Waals surface area contributed by atoms with Gasteiger partial charge in [0.1, 0.15) is 6.10 Å². The second-order valence-corrected chi connectivity index (χ2v) is 6.98. The van der Waals surface area contributed by atoms with Crippen molar-refractivity contribution >= 4 is 11.3 Å². The van der Waals surface area contributed by atoms with Gasteiger partial charge in [0.2, 0.25) is 0 Å². The molecule has 0 unspecified atom stereocenters. The van der Waals surface area contributed by atoms with E-state index >= 15 is 0 Å². The molecule has 3 heterocycles. The Balaban J connectivity index is 1.22. The first kappa shape index (κ1) is 14.3. The van der Waals surface area contributed by atoms with Crippen molar-refractivity contribution in [2.75, 3.05) is 6.54 Å². The Morgan fingerprint density at radius 3 is 2.95 bits per heavy atom. The standard InChI is InChI=1S/C15H20N4O2S/c1-9-17-14(21-19-9)13-5-4-12(20-13)7-16-6-11-8-22-15(18-11)10-2-3-10/h8,10,12-13,16H,2-7H2,1H3/t12-,13+/m1/s1. The molecule has 1 N–H and O–H groups in total. The van der Waals surface area contributed by atoms with Crippen LogP contribution < -0.4 is 5.32 Å². The fourth-order valence-corrected chi connectivity index (χ4v) is 3.76. The first-order chi connectivity index (χ1) is 10.8. The van der Waals surface area contributed by atoms with E-state index in [0.717, 1.165) is 37.5 Å². The molecular weight excluding hydrogens is 300 g/mol. The van der Waals surface area contributed by atoms with E-state index in [4.69, 9.17) is 9.26 Å². The number of rotatable bonds is 6. The summed E-state index contributed by atoms with van der Waals surface area (Å²) >= 11 is 1.79. The molecule has 1 saturated heterocycles. The van der Waals surface area contributed by atoms with E-state index in [1.165, 1.54) is 17.8 Å². The Labute approximate surface area is 133 Å². The normalized spacial score (nSPS) is 25.0. The van der Waals surface area contributed by atoms with Crippen LogP contribution in [0.1, 0.15) is 60.1 Å². The van der Waals surface area contributed by atoms with Gasteiger partial charge in [0.05, 0.1) is 16.8 Å². The van der Waals surface area contributed by atoms with Crippen molar-refractivity contribution in [2.24, 2.45) is 0 Å². The lowest BCUT2D eigenvalue weighted by Gasteiger charge is -2.11. The van der Waals surface area contributed by atoms with Gasteiger partial charge in [0.15, 0.2) is 5.82 Å². The van der Waals surface area contributed by atoms with E-state index in [-0.39, 0.29) is 12.2 Å². The highest BCUT2D eigenvalue weighted by Gasteiger charge is 2.30. The average molecular weight is 320 g/mol. The van der Waals surface area contributed by atoms with Crippen LogP contribution in [0.5, 0.6) is 0 Å². The lowest BCUT2D eigenvalue weighted by Crippen LogP contribution is -2.26. The highest BCUT2D eigenvalue weighted by atomic mass is 32.1. The summed E-state index contributed by atoms with van der Waals surface area (Å²) in [6, 6.07) is 0. The maximum atomic E-state index is 5.98. The van der Waals surface area contributed by atoms with Gasteiger partial charge in [0, 0.05) is 24.4 Å². The van der Waals surface area contributed by atoms with Crippen LogP contribution in [0.25, 0.3) is 0 Å². The van der Waals surface area contributed by atoms with Crippen LogP contribution >= 0.6 is 11.3 Å². The number of thiazole rings is 1. The van der Waals surface area contributed by atoms with E-state index in [1.54, 1.807) is 11.3 Å². The molecule has 118 valence electrons. The van der Waals surface area contributed by atoms with Gasteiger partial charge in [-0.3, -0.25) is 0 Å². The van der Waals surface area contributed by atoms with Gasteiger partial charge in [0.25, 0.3) is 5.89 Å². The van der Waals surface area contributed by atoms with E-state index in [0.29, 0.717) is 11.7 Å². The zero-order valence-electron chi connectivity index (χ0n) is 12.6. The van der Waals surface area contributed by atoms with Gasteiger partial charge in [-0.15, -0.1) is 11.3 Å². The van der Waals surface area contributed by atoms with Gasteiger partial charge in [-0.1, -0.05) is 5.16 Å². The van der Waals surface area contributed by atoms with Crippen LogP contribution in [0.15, 0.2) is 9.90 Å². The lowest BCUT2D eigenvalue weighted by atomic mass is 10.2. The number of nitrogens with zero attached hydrogens (tertiary/aromatic N) is 3. The summed E-state index contributed by atoms with van der Waals surface area (Å²) in [4.78, 5) is 8.93. The van der Waals surface area contributed by atoms with Crippen LogP contribution in [-0.2, 0) is 11.3 Å². The summed E-state index contributed by atoms with van der Waals surface area (Å²) in [5, 5.41) is 10.7. The minimum absolute atomic E-state index is 0.0475. The summed E-state index contributed by atoms with van der Waals surface area (Å²) in [6.07, 6.45) is 4.74. The summed E-state index contributed by atoms with van der Waals surface area (Å²) in [6.45, 7) is 3.47. The molecule has 2 aromatic heterocycles. The molecule has 6 nitrogen and oxygen atoms in total. The molecule has 4 rings (SSSR count). The lowest BCUT2D eigenvalue weighted by molar-refractivity contribution is 0.0264. The molecule has 7 heteroatoms. The predicted octanol–water partition coefficient (Wildman–Crippen LogP) is 2.72. The second kappa shape index (κ2) is 6.06. The molecule has 0 amide bonds. The Hall–Kier alpha value is -1.31. The fraction of sp³-hybridized carbons (Fsp3) is 0.667. The predicted molar refractivity (Wildman–Crippen MR) is 81.7 cm³/mol. The minimum atomic E-state index is -0.0475. The van der Waals surface area contributed by atoms with Gasteiger partial charge in [-0.25, -0.2) is 4.98 Å². The number of ether oxygens (including phenoxy) is 1. The first-order valence-electron chi connectivity index (χ1n) is 7.88. The van der Waals surface area contributed by atoms with Crippen LogP contribution in [0, 0.1) is 6.92 Å². The average Bonchev–Trinajstić information content (AvgIpc) is 2.91. The smallest absolute Gasteiger partial charge is 0.255 e. The Kier molecular flexibility index (Phi) is 3.94. The molecular formula is C15H20N4O2S. The van der Waals surface area contributed by atoms with Crippen molar-refractivity contribution in [3.63, 3.8) is 0 Å². The first-order valence-corrected chi connectivity index (χ1v) is 8.76. The quantitative estimate of drug-likeness (QED) is 0.882. The van der Waals surface area contributed by atoms with Crippen LogP contribution in [0.3, 0.4) is 0 Å². The number of aryl methyl sites for hydroxylation is 1. The third-order valence-corrected chi connectivity index (χ3v) is 5.16. The van der Waals surface area contributed by atoms with Crippen molar-refractivity contribution in [3.8, 4) is 0 Å². The third kappa shape index (κ3) is 3.21. The zero-order valence-corrected chi connectivity index (χ0v) is 13.4. The summed E-state index contributed by atoms with van der Waals surface area (Å²) < 4.78 is 11.2. The van der Waals surface area contributed by atoms with Crippen LogP contribution in [0.2, 0.25) is 0 Å². The van der Waals surface area contributed by atoms with Crippen molar-refractivity contribution < 1.29 is 9.26 Å². The van der Waals surface area contributed by atoms with E-state index in [9.17, 15) is 0 Å². The fourth-order valence-electron chi connectivity index (χ4n) is 2.76. The number of aromatic nitrogens is 3. The summed E-state index contributed by atoms with van der Waals surface area (Å²) in [7, 11) is 0. The van der Waals surface area contributed by atoms with Gasteiger partial charge < -0.3 is 14.6 Å². The molecule has 0 aromatic carbocycles. The van der Waals surface area contributed by atoms with Crippen molar-refractivity contribution in [1.82, 2.24) is 20.4 Å². The molecule has 0 spiro atoms. The number of hydrogen-bond acceptors (Lipinski definition) is 7. The highest BCUT2D eigenvalue weighted by Crippen LogP contribution is 2.41. The molecule has 0 bridgehead atoms. The number of nitrogens with one attached hydrogen (secondary N) is 1. The molecule has 2 atom stereocenters. The van der Waals surface area contributed by atoms with Crippen molar-refractivity contribution in [3.05, 3.63) is 27.8 Å². The SMILES string of the molecule is Cc1noc([C@@H]2CC[C@H](CNCc3csc(C4CC4)n3)O2)n1. The molecule has 2 fully saturated rings. The molecule has 1 aliphatic carbocycles. The summed E-state index contributed by atoms with van der Waals surface area (Å²) in [5.41, 5.74) is 1.15. The molecule has 1 saturated carbocycles. The van der Waals surface area contributed by atoms with E-state index in [1.807, 2.05) is 6.92 Å². The molecule has 22 heavy (non-hydrogen) atoms. The Morgan fingerprint density at radius 1 is 1.27 bits per heavy atom. The molecule has 2 aliphatic rings. The van der Waals surface area contributed by atoms with Crippen molar-refractivity contribution in [2.45, 2.75) is 57.3 Å². The molecule has 0 radical (unpaired) electrons. The van der Waals surface area contributed by atoms with Gasteiger partial charge >= 0.3 is 0 Å². The summed E-state index contributed by atoms with van der Waals surface area (Å²) in [5.74, 6) is 2.01. The van der Waals surface area contributed by atoms with E-state index < -0.39 is 0 Å². The maximum absolute atomic E-state index is 5.98. The number of hydrogen-bond donors (Lipinski definition) is 1. The topological polar surface area (TPSA) is 73.1 Å². The van der Waals surface area contributed by atoms with Gasteiger partial charge in [-0.2, -0.15) is 4.98 Å². The zero-order chi connectivity index (χ0) is 14.9. The Bertz CT molecular complexity index is 637. The van der Waals surface area contributed by atoms with Crippen molar-refractivity contribution in [1.29, 1.82) is 0 Å². The largest absolute Gasteiger partial charge is 0.364 e. The second-order valence-electron chi connectivity index (χ2n) is 6.09. The van der Waals surface area contributed by atoms with Crippen LogP contribution in [-0.4, -0.2) is 27.8 Å².